The molecule has 1 unspecified atom stereocenters. The zero-order chi connectivity index (χ0) is 20.3. The van der Waals surface area contributed by atoms with Gasteiger partial charge in [0.1, 0.15) is 6.33 Å². The number of thioether (sulfide) groups is 1. The molecular weight excluding hydrogens is 412 g/mol. The van der Waals surface area contributed by atoms with Gasteiger partial charge in [-0.15, -0.1) is 11.3 Å². The minimum atomic E-state index is -0.0321. The van der Waals surface area contributed by atoms with Crippen LogP contribution in [0.5, 0.6) is 0 Å². The fraction of sp³-hybridized carbons (Fsp3) is 0.174. The minimum Gasteiger partial charge on any atom is -0.327 e. The van der Waals surface area contributed by atoms with Gasteiger partial charge >= 0.3 is 0 Å². The Morgan fingerprint density at radius 2 is 1.97 bits per heavy atom. The van der Waals surface area contributed by atoms with Crippen molar-refractivity contribution in [1.29, 1.82) is 0 Å². The Morgan fingerprint density at radius 1 is 1.13 bits per heavy atom. The number of fused-ring (bicyclic) bond motifs is 1. The molecule has 0 bridgehead atoms. The first-order valence-electron chi connectivity index (χ1n) is 9.79. The summed E-state index contributed by atoms with van der Waals surface area (Å²) >= 11 is 3.38. The highest BCUT2D eigenvalue weighted by atomic mass is 32.2. The third-order valence-electron chi connectivity index (χ3n) is 5.31. The lowest BCUT2D eigenvalue weighted by Crippen LogP contribution is -2.40. The Hall–Kier alpha value is -2.90. The molecule has 0 saturated carbocycles. The van der Waals surface area contributed by atoms with Crippen molar-refractivity contribution in [3.63, 3.8) is 0 Å². The molecule has 0 radical (unpaired) electrons. The number of benzene rings is 2. The van der Waals surface area contributed by atoms with E-state index in [1.165, 1.54) is 16.8 Å². The van der Waals surface area contributed by atoms with Crippen molar-refractivity contribution in [2.75, 3.05) is 6.54 Å². The van der Waals surface area contributed by atoms with Crippen LogP contribution in [0, 0.1) is 0 Å². The zero-order valence-electron chi connectivity index (χ0n) is 16.2. The smallest absolute Gasteiger partial charge is 0.254 e. The fourth-order valence-corrected chi connectivity index (χ4v) is 5.49. The molecule has 0 saturated heterocycles. The van der Waals surface area contributed by atoms with Crippen molar-refractivity contribution in [2.45, 2.75) is 23.4 Å². The van der Waals surface area contributed by atoms with Crippen molar-refractivity contribution in [1.82, 2.24) is 20.1 Å². The standard InChI is InChI=1S/C23H20N4OS2/c28-22(18-8-6-16(7-9-18)14-30-23-24-15-25-26-23)27-12-10-20-19(11-13-29-20)21(27)17-4-2-1-3-5-17/h1-9,11,13,15,21H,10,12,14H2,(H,24,25,26). The molecule has 1 aliphatic heterocycles. The van der Waals surface area contributed by atoms with E-state index >= 15 is 0 Å². The van der Waals surface area contributed by atoms with Gasteiger partial charge < -0.3 is 4.90 Å². The highest BCUT2D eigenvalue weighted by Gasteiger charge is 2.33. The Kier molecular flexibility index (Phi) is 5.38. The number of rotatable bonds is 5. The molecule has 5 rings (SSSR count). The lowest BCUT2D eigenvalue weighted by Gasteiger charge is -2.36. The molecule has 30 heavy (non-hydrogen) atoms. The number of hydrogen-bond acceptors (Lipinski definition) is 5. The van der Waals surface area contributed by atoms with Crippen LogP contribution in [-0.2, 0) is 12.2 Å². The second-order valence-corrected chi connectivity index (χ2v) is 9.10. The van der Waals surface area contributed by atoms with Crippen LogP contribution in [0.25, 0.3) is 0 Å². The topological polar surface area (TPSA) is 61.9 Å². The summed E-state index contributed by atoms with van der Waals surface area (Å²) in [4.78, 5) is 21.0. The predicted molar refractivity (Wildman–Crippen MR) is 120 cm³/mol. The van der Waals surface area contributed by atoms with E-state index < -0.39 is 0 Å². The van der Waals surface area contributed by atoms with Gasteiger partial charge in [-0.1, -0.05) is 54.2 Å². The van der Waals surface area contributed by atoms with Crippen molar-refractivity contribution in [3.05, 3.63) is 99.5 Å². The van der Waals surface area contributed by atoms with Gasteiger partial charge in [0.05, 0.1) is 6.04 Å². The first-order chi connectivity index (χ1) is 14.8. The molecule has 0 spiro atoms. The summed E-state index contributed by atoms with van der Waals surface area (Å²) in [5.74, 6) is 0.855. The van der Waals surface area contributed by atoms with Crippen LogP contribution in [0.2, 0.25) is 0 Å². The molecule has 0 aliphatic carbocycles. The van der Waals surface area contributed by atoms with Gasteiger partial charge in [0.2, 0.25) is 0 Å². The average Bonchev–Trinajstić information content (AvgIpc) is 3.49. The van der Waals surface area contributed by atoms with E-state index in [2.05, 4.69) is 38.8 Å². The Labute approximate surface area is 183 Å². The van der Waals surface area contributed by atoms with Crippen molar-refractivity contribution in [2.24, 2.45) is 0 Å². The van der Waals surface area contributed by atoms with Gasteiger partial charge in [-0.2, -0.15) is 5.10 Å². The summed E-state index contributed by atoms with van der Waals surface area (Å²) in [5, 5.41) is 9.64. The number of nitrogens with one attached hydrogen (secondary N) is 1. The van der Waals surface area contributed by atoms with Gasteiger partial charge in [0.15, 0.2) is 5.16 Å². The number of thiophene rings is 1. The summed E-state index contributed by atoms with van der Waals surface area (Å²) < 4.78 is 0. The maximum atomic E-state index is 13.5. The van der Waals surface area contributed by atoms with Gasteiger partial charge in [0, 0.05) is 22.7 Å². The average molecular weight is 433 g/mol. The molecule has 4 aromatic rings. The number of aromatic amines is 1. The highest BCUT2D eigenvalue weighted by Crippen LogP contribution is 2.38. The number of carbonyl (C=O) groups excluding carboxylic acids is 1. The van der Waals surface area contributed by atoms with E-state index in [0.29, 0.717) is 0 Å². The first-order valence-corrected chi connectivity index (χ1v) is 11.7. The van der Waals surface area contributed by atoms with E-state index in [1.807, 2.05) is 47.4 Å². The van der Waals surface area contributed by atoms with Gasteiger partial charge in [0.25, 0.3) is 5.91 Å². The molecule has 2 aromatic heterocycles. The lowest BCUT2D eigenvalue weighted by atomic mass is 9.92. The summed E-state index contributed by atoms with van der Waals surface area (Å²) in [6.07, 6.45) is 2.42. The van der Waals surface area contributed by atoms with Gasteiger partial charge in [-0.25, -0.2) is 4.98 Å². The number of amides is 1. The molecule has 1 aliphatic rings. The van der Waals surface area contributed by atoms with Crippen LogP contribution < -0.4 is 0 Å². The largest absolute Gasteiger partial charge is 0.327 e. The maximum Gasteiger partial charge on any atom is 0.254 e. The van der Waals surface area contributed by atoms with Crippen LogP contribution in [0.15, 0.2) is 77.5 Å². The summed E-state index contributed by atoms with van der Waals surface area (Å²) in [6, 6.07) is 20.4. The highest BCUT2D eigenvalue weighted by molar-refractivity contribution is 7.98. The van der Waals surface area contributed by atoms with Crippen molar-refractivity contribution >= 4 is 29.0 Å². The SMILES string of the molecule is O=C(c1ccc(CSc2ncn[nH]2)cc1)N1CCc2sccc2C1c1ccccc1. The molecule has 0 fully saturated rings. The van der Waals surface area contributed by atoms with E-state index in [-0.39, 0.29) is 11.9 Å². The lowest BCUT2D eigenvalue weighted by molar-refractivity contribution is 0.0696. The maximum absolute atomic E-state index is 13.5. The summed E-state index contributed by atoms with van der Waals surface area (Å²) in [6.45, 7) is 0.731. The van der Waals surface area contributed by atoms with Crippen LogP contribution in [0.4, 0.5) is 0 Å². The van der Waals surface area contributed by atoms with Crippen LogP contribution in [0.1, 0.15) is 38.0 Å². The first kappa shape index (κ1) is 19.1. The second-order valence-electron chi connectivity index (χ2n) is 7.14. The molecule has 1 atom stereocenters. The quantitative estimate of drug-likeness (QED) is 0.454. The van der Waals surface area contributed by atoms with Crippen molar-refractivity contribution in [3.8, 4) is 0 Å². The Bertz CT molecular complexity index is 1120. The molecule has 7 heteroatoms. The normalized spacial score (nSPS) is 15.7. The van der Waals surface area contributed by atoms with Crippen LogP contribution >= 0.6 is 23.1 Å². The molecule has 5 nitrogen and oxygen atoms in total. The van der Waals surface area contributed by atoms with Crippen LogP contribution in [0.3, 0.4) is 0 Å². The van der Waals surface area contributed by atoms with Crippen LogP contribution in [-0.4, -0.2) is 32.5 Å². The molecule has 1 N–H and O–H groups in total. The van der Waals surface area contributed by atoms with Crippen molar-refractivity contribution < 1.29 is 4.79 Å². The monoisotopic (exact) mass is 432 g/mol. The molecule has 3 heterocycles. The third kappa shape index (κ3) is 3.78. The fourth-order valence-electron chi connectivity index (χ4n) is 3.85. The Morgan fingerprint density at radius 3 is 2.73 bits per heavy atom. The number of hydrogen-bond donors (Lipinski definition) is 1. The summed E-state index contributed by atoms with van der Waals surface area (Å²) in [7, 11) is 0. The van der Waals surface area contributed by atoms with E-state index in [0.717, 1.165) is 40.6 Å². The molecule has 2 aromatic carbocycles. The number of H-pyrrole nitrogens is 1. The van der Waals surface area contributed by atoms with E-state index in [9.17, 15) is 4.79 Å². The minimum absolute atomic E-state index is 0.0321. The number of nitrogens with zero attached hydrogens (tertiary/aromatic N) is 3. The van der Waals surface area contributed by atoms with Gasteiger partial charge in [-0.05, 0) is 46.7 Å². The van der Waals surface area contributed by atoms with Gasteiger partial charge in [-0.3, -0.25) is 9.89 Å². The molecule has 1 amide bonds. The number of aromatic nitrogens is 3. The zero-order valence-corrected chi connectivity index (χ0v) is 17.8. The van der Waals surface area contributed by atoms with E-state index in [4.69, 9.17) is 0 Å². The summed E-state index contributed by atoms with van der Waals surface area (Å²) in [5.41, 5.74) is 4.28. The van der Waals surface area contributed by atoms with E-state index in [1.54, 1.807) is 23.1 Å². The molecule has 150 valence electrons. The molecular formula is C23H20N4OS2. The number of carbonyl (C=O) groups is 1. The predicted octanol–water partition coefficient (Wildman–Crippen LogP) is 4.95. The second kappa shape index (κ2) is 8.45. The Balaban J connectivity index is 1.38. The third-order valence-corrected chi connectivity index (χ3v) is 7.26.